The Kier molecular flexibility index (Phi) is 3.59. The van der Waals surface area contributed by atoms with Crippen LogP contribution in [-0.4, -0.2) is 16.1 Å². The lowest BCUT2D eigenvalue weighted by Crippen LogP contribution is -2.04. The van der Waals surface area contributed by atoms with Crippen LogP contribution in [0.15, 0.2) is 54.6 Å². The first-order valence-electron chi connectivity index (χ1n) is 6.50. The van der Waals surface area contributed by atoms with Crippen molar-refractivity contribution in [3.63, 3.8) is 0 Å². The number of pyridine rings is 1. The van der Waals surface area contributed by atoms with Crippen molar-refractivity contribution in [3.8, 4) is 0 Å². The van der Waals surface area contributed by atoms with Crippen LogP contribution in [0.1, 0.15) is 21.6 Å². The number of aromatic nitrogens is 1. The molecule has 21 heavy (non-hydrogen) atoms. The highest BCUT2D eigenvalue weighted by Gasteiger charge is 2.11. The van der Waals surface area contributed by atoms with Crippen LogP contribution in [0.4, 0.5) is 0 Å². The van der Waals surface area contributed by atoms with Crippen LogP contribution in [0.3, 0.4) is 0 Å². The second kappa shape index (κ2) is 5.54. The Morgan fingerprint density at radius 3 is 2.71 bits per heavy atom. The highest BCUT2D eigenvalue weighted by molar-refractivity contribution is 6.30. The van der Waals surface area contributed by atoms with Gasteiger partial charge in [0.15, 0.2) is 0 Å². The molecule has 2 aromatic carbocycles. The van der Waals surface area contributed by atoms with Gasteiger partial charge in [0.05, 0.1) is 11.1 Å². The van der Waals surface area contributed by atoms with E-state index in [0.717, 1.165) is 16.6 Å². The average molecular weight is 298 g/mol. The second-order valence-corrected chi connectivity index (χ2v) is 5.22. The van der Waals surface area contributed by atoms with Crippen molar-refractivity contribution in [2.45, 2.75) is 6.42 Å². The number of fused-ring (bicyclic) bond motifs is 1. The van der Waals surface area contributed by atoms with Crippen molar-refractivity contribution in [2.24, 2.45) is 0 Å². The van der Waals surface area contributed by atoms with Crippen LogP contribution in [0.25, 0.3) is 10.9 Å². The van der Waals surface area contributed by atoms with Gasteiger partial charge in [-0.15, -0.1) is 0 Å². The SMILES string of the molecule is O=C(O)c1ccc(Cl)cc1Cc1ccc2ccccc2n1. The molecule has 1 heterocycles. The summed E-state index contributed by atoms with van der Waals surface area (Å²) in [7, 11) is 0. The molecule has 1 aromatic heterocycles. The fourth-order valence-corrected chi connectivity index (χ4v) is 2.51. The maximum atomic E-state index is 11.3. The molecule has 0 saturated heterocycles. The molecule has 1 N–H and O–H groups in total. The van der Waals surface area contributed by atoms with E-state index in [4.69, 9.17) is 11.6 Å². The molecule has 0 fully saturated rings. The zero-order chi connectivity index (χ0) is 14.8. The van der Waals surface area contributed by atoms with Gasteiger partial charge in [0.25, 0.3) is 0 Å². The fourth-order valence-electron chi connectivity index (χ4n) is 2.32. The monoisotopic (exact) mass is 297 g/mol. The summed E-state index contributed by atoms with van der Waals surface area (Å²) < 4.78 is 0. The lowest BCUT2D eigenvalue weighted by atomic mass is 10.0. The summed E-state index contributed by atoms with van der Waals surface area (Å²) in [6.07, 6.45) is 0.438. The highest BCUT2D eigenvalue weighted by atomic mass is 35.5. The molecule has 0 aliphatic heterocycles. The van der Waals surface area contributed by atoms with Gasteiger partial charge in [0.1, 0.15) is 0 Å². The third-order valence-electron chi connectivity index (χ3n) is 3.33. The molecule has 3 aromatic rings. The predicted molar refractivity (Wildman–Crippen MR) is 83.0 cm³/mol. The third kappa shape index (κ3) is 2.88. The Labute approximate surface area is 126 Å². The summed E-state index contributed by atoms with van der Waals surface area (Å²) >= 11 is 5.97. The first kappa shape index (κ1) is 13.6. The molecule has 0 aliphatic carbocycles. The molecule has 0 saturated carbocycles. The van der Waals surface area contributed by atoms with Crippen molar-refractivity contribution in [2.75, 3.05) is 0 Å². The quantitative estimate of drug-likeness (QED) is 0.789. The van der Waals surface area contributed by atoms with Crippen LogP contribution in [0, 0.1) is 0 Å². The molecule has 3 nitrogen and oxygen atoms in total. The van der Waals surface area contributed by atoms with Crippen molar-refractivity contribution < 1.29 is 9.90 Å². The minimum atomic E-state index is -0.956. The summed E-state index contributed by atoms with van der Waals surface area (Å²) in [5.74, 6) is -0.956. The van der Waals surface area contributed by atoms with Gasteiger partial charge in [0, 0.05) is 22.5 Å². The average Bonchev–Trinajstić information content (AvgIpc) is 2.47. The highest BCUT2D eigenvalue weighted by Crippen LogP contribution is 2.20. The molecule has 0 atom stereocenters. The van der Waals surface area contributed by atoms with Crippen LogP contribution < -0.4 is 0 Å². The Bertz CT molecular complexity index is 830. The number of aromatic carboxylic acids is 1. The van der Waals surface area contributed by atoms with Gasteiger partial charge in [-0.05, 0) is 35.9 Å². The Morgan fingerprint density at radius 1 is 1.10 bits per heavy atom. The molecule has 4 heteroatoms. The molecular weight excluding hydrogens is 286 g/mol. The van der Waals surface area contributed by atoms with Gasteiger partial charge in [-0.2, -0.15) is 0 Å². The first-order valence-corrected chi connectivity index (χ1v) is 6.88. The number of para-hydroxylation sites is 1. The van der Waals surface area contributed by atoms with E-state index in [1.165, 1.54) is 6.07 Å². The minimum Gasteiger partial charge on any atom is -0.478 e. The second-order valence-electron chi connectivity index (χ2n) is 4.78. The van der Waals surface area contributed by atoms with E-state index in [1.54, 1.807) is 12.1 Å². The molecule has 3 rings (SSSR count). The number of benzene rings is 2. The number of hydrogen-bond acceptors (Lipinski definition) is 2. The van der Waals surface area contributed by atoms with Gasteiger partial charge in [-0.25, -0.2) is 4.79 Å². The van der Waals surface area contributed by atoms with Gasteiger partial charge < -0.3 is 5.11 Å². The Hall–Kier alpha value is -2.39. The molecule has 0 spiro atoms. The largest absolute Gasteiger partial charge is 0.478 e. The Balaban J connectivity index is 2.02. The van der Waals surface area contributed by atoms with E-state index < -0.39 is 5.97 Å². The van der Waals surface area contributed by atoms with Crippen molar-refractivity contribution in [3.05, 3.63) is 76.4 Å². The minimum absolute atomic E-state index is 0.259. The van der Waals surface area contributed by atoms with E-state index in [9.17, 15) is 9.90 Å². The van der Waals surface area contributed by atoms with Crippen molar-refractivity contribution in [1.29, 1.82) is 0 Å². The number of hydrogen-bond donors (Lipinski definition) is 1. The lowest BCUT2D eigenvalue weighted by Gasteiger charge is -2.07. The number of carbonyl (C=O) groups is 1. The molecule has 104 valence electrons. The van der Waals surface area contributed by atoms with Gasteiger partial charge in [0.2, 0.25) is 0 Å². The summed E-state index contributed by atoms with van der Waals surface area (Å²) in [5, 5.41) is 10.8. The van der Waals surface area contributed by atoms with Crippen molar-refractivity contribution >= 4 is 28.5 Å². The first-order chi connectivity index (χ1) is 10.1. The topological polar surface area (TPSA) is 50.2 Å². The smallest absolute Gasteiger partial charge is 0.335 e. The normalized spacial score (nSPS) is 10.7. The van der Waals surface area contributed by atoms with Gasteiger partial charge >= 0.3 is 5.97 Å². The lowest BCUT2D eigenvalue weighted by molar-refractivity contribution is 0.0696. The van der Waals surface area contributed by atoms with E-state index in [-0.39, 0.29) is 5.56 Å². The fraction of sp³-hybridized carbons (Fsp3) is 0.0588. The molecule has 0 aliphatic rings. The zero-order valence-electron chi connectivity index (χ0n) is 11.1. The standard InChI is InChI=1S/C17H12ClNO2/c18-13-6-8-15(17(20)21)12(9-13)10-14-7-5-11-3-1-2-4-16(11)19-14/h1-9H,10H2,(H,20,21). The van der Waals surface area contributed by atoms with E-state index >= 15 is 0 Å². The van der Waals surface area contributed by atoms with E-state index in [2.05, 4.69) is 4.98 Å². The van der Waals surface area contributed by atoms with Crippen molar-refractivity contribution in [1.82, 2.24) is 4.98 Å². The number of rotatable bonds is 3. The zero-order valence-corrected chi connectivity index (χ0v) is 11.8. The summed E-state index contributed by atoms with van der Waals surface area (Å²) in [6.45, 7) is 0. The van der Waals surface area contributed by atoms with E-state index in [0.29, 0.717) is 17.0 Å². The van der Waals surface area contributed by atoms with Crippen LogP contribution in [0.5, 0.6) is 0 Å². The number of nitrogens with zero attached hydrogens (tertiary/aromatic N) is 1. The number of carboxylic acids is 1. The molecular formula is C17H12ClNO2. The maximum absolute atomic E-state index is 11.3. The van der Waals surface area contributed by atoms with Crippen LogP contribution in [0.2, 0.25) is 5.02 Å². The van der Waals surface area contributed by atoms with Crippen LogP contribution >= 0.6 is 11.6 Å². The molecule has 0 radical (unpaired) electrons. The van der Waals surface area contributed by atoms with Gasteiger partial charge in [-0.3, -0.25) is 4.98 Å². The third-order valence-corrected chi connectivity index (χ3v) is 3.56. The Morgan fingerprint density at radius 2 is 1.90 bits per heavy atom. The van der Waals surface area contributed by atoms with Gasteiger partial charge in [-0.1, -0.05) is 35.9 Å². The molecule has 0 unspecified atom stereocenters. The molecule has 0 bridgehead atoms. The van der Waals surface area contributed by atoms with Crippen LogP contribution in [-0.2, 0) is 6.42 Å². The number of halogens is 1. The summed E-state index contributed by atoms with van der Waals surface area (Å²) in [4.78, 5) is 15.8. The molecule has 0 amide bonds. The summed E-state index contributed by atoms with van der Waals surface area (Å²) in [6, 6.07) is 16.5. The van der Waals surface area contributed by atoms with E-state index in [1.807, 2.05) is 36.4 Å². The maximum Gasteiger partial charge on any atom is 0.335 e. The predicted octanol–water partition coefficient (Wildman–Crippen LogP) is 4.18. The summed E-state index contributed by atoms with van der Waals surface area (Å²) in [5.41, 5.74) is 2.64. The number of carboxylic acid groups (broad SMARTS) is 1.